The Morgan fingerprint density at radius 1 is 1.36 bits per heavy atom. The van der Waals surface area contributed by atoms with Gasteiger partial charge in [0.15, 0.2) is 11.5 Å². The number of imidazole rings is 1. The van der Waals surface area contributed by atoms with Crippen LogP contribution in [0.5, 0.6) is 0 Å². The van der Waals surface area contributed by atoms with Crippen LogP contribution in [0.25, 0.3) is 11.2 Å². The molecule has 0 saturated heterocycles. The Morgan fingerprint density at radius 2 is 2.21 bits per heavy atom. The van der Waals surface area contributed by atoms with Crippen LogP contribution in [0.1, 0.15) is 6.42 Å². The fraction of sp³-hybridized carbons (Fsp3) is 0.375. The number of hydrogen-bond donors (Lipinski definition) is 1. The highest BCUT2D eigenvalue weighted by atomic mass is 35.5. The van der Waals surface area contributed by atoms with Gasteiger partial charge in [0.1, 0.15) is 11.8 Å². The van der Waals surface area contributed by atoms with E-state index in [1.807, 2.05) is 4.57 Å². The summed E-state index contributed by atoms with van der Waals surface area (Å²) in [6.07, 6.45) is 4.04. The first-order valence-corrected chi connectivity index (χ1v) is 4.83. The lowest BCUT2D eigenvalue weighted by molar-refractivity contribution is 0.694. The summed E-state index contributed by atoms with van der Waals surface area (Å²) in [6, 6.07) is 0. The molecule has 0 fully saturated rings. The largest absolute Gasteiger partial charge is 0.382 e. The van der Waals surface area contributed by atoms with E-state index in [0.717, 1.165) is 18.6 Å². The van der Waals surface area contributed by atoms with Crippen molar-refractivity contribution >= 4 is 28.6 Å². The van der Waals surface area contributed by atoms with Gasteiger partial charge in [0.25, 0.3) is 0 Å². The molecule has 2 heterocycles. The van der Waals surface area contributed by atoms with Crippen molar-refractivity contribution in [3.8, 4) is 0 Å². The SMILES string of the molecule is Nc1ncnc2c1ncn2CCCCl. The number of aromatic nitrogens is 4. The maximum absolute atomic E-state index is 5.65. The number of nitrogens with two attached hydrogens (primary N) is 1. The quantitative estimate of drug-likeness (QED) is 0.771. The van der Waals surface area contributed by atoms with Crippen molar-refractivity contribution in [1.29, 1.82) is 0 Å². The Morgan fingerprint density at radius 3 is 3.00 bits per heavy atom. The van der Waals surface area contributed by atoms with Crippen molar-refractivity contribution in [2.45, 2.75) is 13.0 Å². The first kappa shape index (κ1) is 9.21. The van der Waals surface area contributed by atoms with E-state index in [9.17, 15) is 0 Å². The van der Waals surface area contributed by atoms with E-state index in [-0.39, 0.29) is 0 Å². The summed E-state index contributed by atoms with van der Waals surface area (Å²) < 4.78 is 1.93. The summed E-state index contributed by atoms with van der Waals surface area (Å²) in [5, 5.41) is 0. The third-order valence-electron chi connectivity index (χ3n) is 1.96. The van der Waals surface area contributed by atoms with Gasteiger partial charge in [-0.25, -0.2) is 15.0 Å². The zero-order valence-electron chi connectivity index (χ0n) is 7.52. The maximum Gasteiger partial charge on any atom is 0.165 e. The average molecular weight is 212 g/mol. The second-order valence-corrected chi connectivity index (χ2v) is 3.29. The van der Waals surface area contributed by atoms with Gasteiger partial charge in [-0.3, -0.25) is 0 Å². The number of alkyl halides is 1. The molecule has 5 nitrogen and oxygen atoms in total. The second-order valence-electron chi connectivity index (χ2n) is 2.91. The Balaban J connectivity index is 2.42. The van der Waals surface area contributed by atoms with E-state index in [1.165, 1.54) is 6.33 Å². The number of nitrogens with zero attached hydrogens (tertiary/aromatic N) is 4. The summed E-state index contributed by atoms with van der Waals surface area (Å²) in [5.41, 5.74) is 7.07. The van der Waals surface area contributed by atoms with Crippen LogP contribution >= 0.6 is 11.6 Å². The van der Waals surface area contributed by atoms with Gasteiger partial charge in [0, 0.05) is 12.4 Å². The van der Waals surface area contributed by atoms with Crippen LogP contribution < -0.4 is 5.73 Å². The summed E-state index contributed by atoms with van der Waals surface area (Å²) in [4.78, 5) is 12.1. The molecule has 0 aliphatic rings. The lowest BCUT2D eigenvalue weighted by Gasteiger charge is -2.00. The van der Waals surface area contributed by atoms with Crippen LogP contribution in [0.3, 0.4) is 0 Å². The number of rotatable bonds is 3. The highest BCUT2D eigenvalue weighted by molar-refractivity contribution is 6.17. The molecule has 2 aromatic rings. The second kappa shape index (κ2) is 3.79. The molecule has 0 aliphatic heterocycles. The van der Waals surface area contributed by atoms with Gasteiger partial charge in [-0.15, -0.1) is 11.6 Å². The predicted octanol–water partition coefficient (Wildman–Crippen LogP) is 1.04. The molecule has 2 aromatic heterocycles. The normalized spacial score (nSPS) is 10.9. The summed E-state index contributed by atoms with van der Waals surface area (Å²) in [6.45, 7) is 0.802. The highest BCUT2D eigenvalue weighted by Crippen LogP contribution is 2.14. The Hall–Kier alpha value is -1.36. The molecular formula is C8H10ClN5. The summed E-state index contributed by atoms with van der Waals surface area (Å²) >= 11 is 5.61. The zero-order valence-corrected chi connectivity index (χ0v) is 8.28. The molecule has 0 saturated carbocycles. The predicted molar refractivity (Wildman–Crippen MR) is 55.1 cm³/mol. The fourth-order valence-corrected chi connectivity index (χ4v) is 1.41. The van der Waals surface area contributed by atoms with Gasteiger partial charge in [-0.2, -0.15) is 0 Å². The molecule has 0 aromatic carbocycles. The number of halogens is 1. The molecule has 0 unspecified atom stereocenters. The molecule has 14 heavy (non-hydrogen) atoms. The average Bonchev–Trinajstić information content (AvgIpc) is 2.60. The van der Waals surface area contributed by atoms with Crippen LogP contribution in [0.15, 0.2) is 12.7 Å². The molecule has 0 aliphatic carbocycles. The van der Waals surface area contributed by atoms with Crippen molar-refractivity contribution in [2.75, 3.05) is 11.6 Å². The lowest BCUT2D eigenvalue weighted by atomic mass is 10.4. The Labute approximate surface area is 85.9 Å². The molecule has 0 atom stereocenters. The third-order valence-corrected chi connectivity index (χ3v) is 2.23. The molecule has 0 amide bonds. The van der Waals surface area contributed by atoms with E-state index in [2.05, 4.69) is 15.0 Å². The van der Waals surface area contributed by atoms with Crippen molar-refractivity contribution in [1.82, 2.24) is 19.5 Å². The number of fused-ring (bicyclic) bond motifs is 1. The number of hydrogen-bond acceptors (Lipinski definition) is 4. The standard InChI is InChI=1S/C8H10ClN5/c9-2-1-3-14-5-13-6-7(10)11-4-12-8(6)14/h4-5H,1-3H2,(H2,10,11,12). The minimum absolute atomic E-state index is 0.416. The van der Waals surface area contributed by atoms with E-state index >= 15 is 0 Å². The van der Waals surface area contributed by atoms with Crippen molar-refractivity contribution in [2.24, 2.45) is 0 Å². The first-order chi connectivity index (χ1) is 6.83. The maximum atomic E-state index is 5.65. The third kappa shape index (κ3) is 1.50. The number of anilines is 1. The first-order valence-electron chi connectivity index (χ1n) is 4.30. The van der Waals surface area contributed by atoms with Crippen LogP contribution in [0, 0.1) is 0 Å². The van der Waals surface area contributed by atoms with Gasteiger partial charge in [0.05, 0.1) is 6.33 Å². The van der Waals surface area contributed by atoms with Gasteiger partial charge in [-0.05, 0) is 6.42 Å². The smallest absolute Gasteiger partial charge is 0.165 e. The van der Waals surface area contributed by atoms with Crippen molar-refractivity contribution in [3.05, 3.63) is 12.7 Å². The zero-order chi connectivity index (χ0) is 9.97. The van der Waals surface area contributed by atoms with Crippen molar-refractivity contribution < 1.29 is 0 Å². The van der Waals surface area contributed by atoms with E-state index in [0.29, 0.717) is 17.2 Å². The molecule has 6 heteroatoms. The minimum atomic E-state index is 0.416. The van der Waals surface area contributed by atoms with Gasteiger partial charge in [0.2, 0.25) is 0 Å². The van der Waals surface area contributed by atoms with E-state index in [1.54, 1.807) is 6.33 Å². The molecule has 0 bridgehead atoms. The van der Waals surface area contributed by atoms with Crippen molar-refractivity contribution in [3.63, 3.8) is 0 Å². The molecule has 0 spiro atoms. The molecular weight excluding hydrogens is 202 g/mol. The highest BCUT2D eigenvalue weighted by Gasteiger charge is 2.06. The summed E-state index contributed by atoms with van der Waals surface area (Å²) in [5.74, 6) is 1.04. The molecule has 74 valence electrons. The Kier molecular flexibility index (Phi) is 2.49. The fourth-order valence-electron chi connectivity index (χ4n) is 1.29. The molecule has 2 N–H and O–H groups in total. The van der Waals surface area contributed by atoms with Crippen LogP contribution in [-0.2, 0) is 6.54 Å². The van der Waals surface area contributed by atoms with Crippen LogP contribution in [0.4, 0.5) is 5.82 Å². The van der Waals surface area contributed by atoms with E-state index < -0.39 is 0 Å². The number of aryl methyl sites for hydroxylation is 1. The van der Waals surface area contributed by atoms with E-state index in [4.69, 9.17) is 17.3 Å². The van der Waals surface area contributed by atoms with Crippen LogP contribution in [-0.4, -0.2) is 25.4 Å². The monoisotopic (exact) mass is 211 g/mol. The van der Waals surface area contributed by atoms with Crippen LogP contribution in [0.2, 0.25) is 0 Å². The summed E-state index contributed by atoms with van der Waals surface area (Å²) in [7, 11) is 0. The van der Waals surface area contributed by atoms with Gasteiger partial charge >= 0.3 is 0 Å². The molecule has 2 rings (SSSR count). The number of nitrogen functional groups attached to an aromatic ring is 1. The Bertz CT molecular complexity index is 438. The van der Waals surface area contributed by atoms with Gasteiger partial charge in [-0.1, -0.05) is 0 Å². The molecule has 0 radical (unpaired) electrons. The lowest BCUT2D eigenvalue weighted by Crippen LogP contribution is -1.99. The minimum Gasteiger partial charge on any atom is -0.382 e. The van der Waals surface area contributed by atoms with Gasteiger partial charge < -0.3 is 10.3 Å². The topological polar surface area (TPSA) is 69.6 Å².